The van der Waals surface area contributed by atoms with Gasteiger partial charge in [0.25, 0.3) is 0 Å². The van der Waals surface area contributed by atoms with Crippen molar-refractivity contribution in [2.45, 2.75) is 9.79 Å². The number of ether oxygens (including phenoxy) is 1. The van der Waals surface area contributed by atoms with Crippen molar-refractivity contribution >= 4 is 11.2 Å². The van der Waals surface area contributed by atoms with Crippen LogP contribution in [0.4, 0.5) is 0 Å². The van der Waals surface area contributed by atoms with Gasteiger partial charge in [0.2, 0.25) is 0 Å². The van der Waals surface area contributed by atoms with Crippen molar-refractivity contribution in [2.75, 3.05) is 7.11 Å². The smallest absolute Gasteiger partial charge is 0.200 e. The van der Waals surface area contributed by atoms with E-state index >= 15 is 0 Å². The Morgan fingerprint density at radius 1 is 0.727 bits per heavy atom. The van der Waals surface area contributed by atoms with Gasteiger partial charge in [0.05, 0.1) is 7.11 Å². The van der Waals surface area contributed by atoms with Gasteiger partial charge < -0.3 is 9.29 Å². The zero-order chi connectivity index (χ0) is 15.4. The molecule has 1 atom stereocenters. The summed E-state index contributed by atoms with van der Waals surface area (Å²) in [4.78, 5) is 1.46. The average Bonchev–Trinajstić information content (AvgIpc) is 2.62. The van der Waals surface area contributed by atoms with Gasteiger partial charge in [-0.25, -0.2) is 0 Å². The minimum Gasteiger partial charge on any atom is -0.606 e. The Morgan fingerprint density at radius 2 is 1.32 bits per heavy atom. The van der Waals surface area contributed by atoms with Gasteiger partial charge in [0, 0.05) is 11.2 Å². The second kappa shape index (κ2) is 6.69. The van der Waals surface area contributed by atoms with E-state index in [0.29, 0.717) is 10.6 Å². The number of hydrogen-bond acceptors (Lipinski definition) is 2. The van der Waals surface area contributed by atoms with Crippen molar-refractivity contribution in [3.63, 3.8) is 0 Å². The lowest BCUT2D eigenvalue weighted by Gasteiger charge is -2.13. The third-order valence-corrected chi connectivity index (χ3v) is 4.88. The topological polar surface area (TPSA) is 32.3 Å². The zero-order valence-electron chi connectivity index (χ0n) is 12.2. The highest BCUT2D eigenvalue weighted by molar-refractivity contribution is 7.91. The molecule has 0 aliphatic carbocycles. The quantitative estimate of drug-likeness (QED) is 0.663. The van der Waals surface area contributed by atoms with Crippen LogP contribution >= 0.6 is 0 Å². The van der Waals surface area contributed by atoms with Gasteiger partial charge in [-0.1, -0.05) is 42.5 Å². The Morgan fingerprint density at radius 3 is 2.00 bits per heavy atom. The standard InChI is InChI=1S/C19H16O2S/c1-21-18-9-5-6-10-19(18)22(20)17-13-11-16(12-14-17)15-7-3-2-4-8-15/h2-14H,1H3. The number of hydrogen-bond donors (Lipinski definition) is 0. The molecule has 0 heterocycles. The second-order valence-corrected chi connectivity index (χ2v) is 6.26. The van der Waals surface area contributed by atoms with Crippen LogP contribution in [0.5, 0.6) is 5.75 Å². The van der Waals surface area contributed by atoms with Gasteiger partial charge in [0.1, 0.15) is 0 Å². The maximum atomic E-state index is 12.7. The van der Waals surface area contributed by atoms with E-state index in [9.17, 15) is 4.55 Å². The van der Waals surface area contributed by atoms with E-state index in [1.54, 1.807) is 7.11 Å². The first kappa shape index (κ1) is 14.7. The van der Waals surface area contributed by atoms with E-state index in [2.05, 4.69) is 12.1 Å². The summed E-state index contributed by atoms with van der Waals surface area (Å²) in [6.07, 6.45) is 0. The van der Waals surface area contributed by atoms with Gasteiger partial charge in [0.15, 0.2) is 15.5 Å². The molecule has 0 fully saturated rings. The van der Waals surface area contributed by atoms with Crippen molar-refractivity contribution in [2.24, 2.45) is 0 Å². The fourth-order valence-electron chi connectivity index (χ4n) is 2.30. The van der Waals surface area contributed by atoms with Crippen molar-refractivity contribution in [1.82, 2.24) is 0 Å². The average molecular weight is 308 g/mol. The molecular formula is C19H16O2S. The van der Waals surface area contributed by atoms with Crippen molar-refractivity contribution in [3.05, 3.63) is 78.9 Å². The summed E-state index contributed by atoms with van der Waals surface area (Å²) < 4.78 is 18.0. The normalized spacial score (nSPS) is 11.9. The van der Waals surface area contributed by atoms with Crippen LogP contribution in [0.3, 0.4) is 0 Å². The van der Waals surface area contributed by atoms with Crippen LogP contribution < -0.4 is 4.74 Å². The summed E-state index contributed by atoms with van der Waals surface area (Å²) in [6, 6.07) is 25.4. The molecule has 1 unspecified atom stereocenters. The summed E-state index contributed by atoms with van der Waals surface area (Å²) in [7, 11) is 1.59. The molecule has 2 nitrogen and oxygen atoms in total. The van der Waals surface area contributed by atoms with Crippen LogP contribution in [0.1, 0.15) is 0 Å². The van der Waals surface area contributed by atoms with E-state index in [1.165, 1.54) is 0 Å². The molecule has 0 saturated heterocycles. The van der Waals surface area contributed by atoms with E-state index in [4.69, 9.17) is 4.74 Å². The molecule has 0 saturated carbocycles. The van der Waals surface area contributed by atoms with Crippen LogP contribution in [0.25, 0.3) is 11.1 Å². The number of para-hydroxylation sites is 1. The Kier molecular flexibility index (Phi) is 4.47. The third-order valence-electron chi connectivity index (χ3n) is 3.44. The van der Waals surface area contributed by atoms with E-state index in [0.717, 1.165) is 16.0 Å². The molecule has 0 aliphatic heterocycles. The molecule has 0 aliphatic rings. The second-order valence-electron chi connectivity index (χ2n) is 4.81. The number of rotatable bonds is 4. The highest BCUT2D eigenvalue weighted by Crippen LogP contribution is 2.30. The third kappa shape index (κ3) is 3.01. The van der Waals surface area contributed by atoms with Gasteiger partial charge in [-0.2, -0.15) is 0 Å². The van der Waals surface area contributed by atoms with Crippen molar-refractivity contribution in [3.8, 4) is 16.9 Å². The number of methoxy groups -OCH3 is 1. The van der Waals surface area contributed by atoms with Gasteiger partial charge in [-0.05, 0) is 47.5 Å². The number of benzene rings is 3. The van der Waals surface area contributed by atoms with Crippen LogP contribution in [0, 0.1) is 0 Å². The summed E-state index contributed by atoms with van der Waals surface area (Å²) in [5.74, 6) is 0.646. The lowest BCUT2D eigenvalue weighted by Crippen LogP contribution is -2.04. The highest BCUT2D eigenvalue weighted by atomic mass is 32.2. The predicted molar refractivity (Wildman–Crippen MR) is 89.5 cm³/mol. The summed E-state index contributed by atoms with van der Waals surface area (Å²) in [6.45, 7) is 0. The minimum atomic E-state index is -1.25. The van der Waals surface area contributed by atoms with Crippen LogP contribution in [-0.4, -0.2) is 11.7 Å². The van der Waals surface area contributed by atoms with E-state index < -0.39 is 11.2 Å². The Labute approximate surface area is 133 Å². The predicted octanol–water partition coefficient (Wildman–Crippen LogP) is 4.53. The molecular weight excluding hydrogens is 292 g/mol. The fourth-order valence-corrected chi connectivity index (χ4v) is 3.47. The molecule has 0 amide bonds. The van der Waals surface area contributed by atoms with Gasteiger partial charge in [-0.3, -0.25) is 0 Å². The first-order valence-electron chi connectivity index (χ1n) is 7.00. The summed E-state index contributed by atoms with van der Waals surface area (Å²) in [5, 5.41) is 0. The lowest BCUT2D eigenvalue weighted by atomic mass is 10.1. The molecule has 0 spiro atoms. The maximum Gasteiger partial charge on any atom is 0.200 e. The molecule has 110 valence electrons. The highest BCUT2D eigenvalue weighted by Gasteiger charge is 2.19. The SMILES string of the molecule is COc1ccccc1[S+]([O-])c1ccc(-c2ccccc2)cc1. The molecule has 3 heteroatoms. The monoisotopic (exact) mass is 308 g/mol. The molecule has 0 radical (unpaired) electrons. The molecule has 0 aromatic heterocycles. The minimum absolute atomic E-state index is 0.646. The Bertz CT molecular complexity index is 739. The van der Waals surface area contributed by atoms with E-state index in [1.807, 2.05) is 66.7 Å². The lowest BCUT2D eigenvalue weighted by molar-refractivity contribution is 0.402. The first-order chi connectivity index (χ1) is 10.8. The summed E-state index contributed by atoms with van der Waals surface area (Å²) in [5.41, 5.74) is 2.26. The molecule has 3 aromatic rings. The van der Waals surface area contributed by atoms with Gasteiger partial charge in [-0.15, -0.1) is 0 Å². The molecule has 0 bridgehead atoms. The Balaban J connectivity index is 1.89. The molecule has 0 N–H and O–H groups in total. The Hall–Kier alpha value is -2.23. The fraction of sp³-hybridized carbons (Fsp3) is 0.0526. The molecule has 3 rings (SSSR count). The summed E-state index contributed by atoms with van der Waals surface area (Å²) >= 11 is -1.25. The molecule has 3 aromatic carbocycles. The van der Waals surface area contributed by atoms with Gasteiger partial charge >= 0.3 is 0 Å². The zero-order valence-corrected chi connectivity index (χ0v) is 13.0. The maximum absolute atomic E-state index is 12.7. The van der Waals surface area contributed by atoms with Crippen LogP contribution in [0.15, 0.2) is 88.7 Å². The van der Waals surface area contributed by atoms with Crippen molar-refractivity contribution in [1.29, 1.82) is 0 Å². The van der Waals surface area contributed by atoms with Crippen LogP contribution in [-0.2, 0) is 11.2 Å². The first-order valence-corrected chi connectivity index (χ1v) is 8.15. The van der Waals surface area contributed by atoms with Crippen LogP contribution in [0.2, 0.25) is 0 Å². The van der Waals surface area contributed by atoms with Crippen molar-refractivity contribution < 1.29 is 9.29 Å². The van der Waals surface area contributed by atoms with E-state index in [-0.39, 0.29) is 0 Å². The molecule has 22 heavy (non-hydrogen) atoms. The largest absolute Gasteiger partial charge is 0.606 e.